The number of rotatable bonds is 8. The summed E-state index contributed by atoms with van der Waals surface area (Å²) in [5.74, 6) is 0.522. The van der Waals surface area contributed by atoms with E-state index >= 15 is 0 Å². The van der Waals surface area contributed by atoms with Crippen LogP contribution in [-0.4, -0.2) is 51.2 Å². The van der Waals surface area contributed by atoms with Crippen LogP contribution in [0.1, 0.15) is 18.7 Å². The van der Waals surface area contributed by atoms with Gasteiger partial charge in [-0.05, 0) is 32.6 Å². The molecule has 0 unspecified atom stereocenters. The first kappa shape index (κ1) is 18.8. The molecular weight excluding hydrogens is 344 g/mol. The van der Waals surface area contributed by atoms with Crippen LogP contribution in [0.3, 0.4) is 0 Å². The molecule has 0 saturated carbocycles. The maximum Gasteiger partial charge on any atom is 0.258 e. The van der Waals surface area contributed by atoms with E-state index in [2.05, 4.69) is 25.3 Å². The minimum Gasteiger partial charge on any atom is -0.323 e. The van der Waals surface area contributed by atoms with Crippen LogP contribution in [0.15, 0.2) is 41.5 Å². The number of nitrogens with one attached hydrogen (secondary N) is 2. The maximum absolute atomic E-state index is 12.1. The van der Waals surface area contributed by atoms with Crippen molar-refractivity contribution in [1.29, 1.82) is 0 Å². The predicted octanol–water partition coefficient (Wildman–Crippen LogP) is 1.64. The predicted molar refractivity (Wildman–Crippen MR) is 105 cm³/mol. The van der Waals surface area contributed by atoms with Gasteiger partial charge in [-0.3, -0.25) is 14.3 Å². The van der Waals surface area contributed by atoms with Crippen LogP contribution >= 0.6 is 0 Å². The zero-order valence-electron chi connectivity index (χ0n) is 15.6. The van der Waals surface area contributed by atoms with E-state index in [0.29, 0.717) is 41.7 Å². The van der Waals surface area contributed by atoms with Gasteiger partial charge in [-0.1, -0.05) is 12.1 Å². The van der Waals surface area contributed by atoms with Crippen LogP contribution in [0.2, 0.25) is 0 Å². The number of hydrogen-bond acceptors (Lipinski definition) is 5. The first-order valence-corrected chi connectivity index (χ1v) is 8.96. The van der Waals surface area contributed by atoms with Gasteiger partial charge in [-0.25, -0.2) is 4.98 Å². The highest BCUT2D eigenvalue weighted by Crippen LogP contribution is 2.09. The van der Waals surface area contributed by atoms with Crippen molar-refractivity contribution in [2.75, 3.05) is 26.0 Å². The third-order valence-corrected chi connectivity index (χ3v) is 4.17. The molecule has 142 valence electrons. The monoisotopic (exact) mass is 368 g/mol. The minimum atomic E-state index is -0.148. The standard InChI is InChI=1S/C19H24N6O2/c1-24(2)10-11-25-13-14(12-20-25)21-18(26)9-5-8-17-22-16-7-4-3-6-15(16)19(27)23-17/h3-4,6-7,12-13H,5,8-11H2,1-2H3,(H,21,26)(H,22,23,27). The number of H-pyrrole nitrogens is 1. The number of carbonyl (C=O) groups is 1. The zero-order chi connectivity index (χ0) is 19.2. The van der Waals surface area contributed by atoms with Gasteiger partial charge >= 0.3 is 0 Å². The number of anilines is 1. The summed E-state index contributed by atoms with van der Waals surface area (Å²) in [5.41, 5.74) is 1.21. The quantitative estimate of drug-likeness (QED) is 0.630. The summed E-state index contributed by atoms with van der Waals surface area (Å²) in [4.78, 5) is 33.5. The number of fused-ring (bicyclic) bond motifs is 1. The molecule has 2 aromatic heterocycles. The third kappa shape index (κ3) is 5.24. The number of amides is 1. The summed E-state index contributed by atoms with van der Waals surface area (Å²) in [7, 11) is 4.01. The van der Waals surface area contributed by atoms with E-state index in [1.54, 1.807) is 16.9 Å². The number of aromatic amines is 1. The van der Waals surface area contributed by atoms with Crippen LogP contribution in [0, 0.1) is 0 Å². The average Bonchev–Trinajstić information content (AvgIpc) is 3.07. The Morgan fingerprint density at radius 1 is 1.30 bits per heavy atom. The Labute approximate surface area is 157 Å². The zero-order valence-corrected chi connectivity index (χ0v) is 15.6. The lowest BCUT2D eigenvalue weighted by atomic mass is 10.2. The van der Waals surface area contributed by atoms with Crippen molar-refractivity contribution >= 4 is 22.5 Å². The number of nitrogens with zero attached hydrogens (tertiary/aromatic N) is 4. The smallest absolute Gasteiger partial charge is 0.258 e. The highest BCUT2D eigenvalue weighted by atomic mass is 16.1. The van der Waals surface area contributed by atoms with Crippen LogP contribution in [0.25, 0.3) is 10.9 Å². The number of likely N-dealkylation sites (N-methyl/N-ethyl adjacent to an activating group) is 1. The normalized spacial score (nSPS) is 11.2. The second-order valence-corrected chi connectivity index (χ2v) is 6.73. The van der Waals surface area contributed by atoms with Crippen molar-refractivity contribution in [1.82, 2.24) is 24.6 Å². The molecule has 3 aromatic rings. The van der Waals surface area contributed by atoms with Crippen LogP contribution < -0.4 is 10.9 Å². The summed E-state index contributed by atoms with van der Waals surface area (Å²) in [6, 6.07) is 7.22. The molecule has 0 aliphatic carbocycles. The van der Waals surface area contributed by atoms with E-state index < -0.39 is 0 Å². The molecule has 3 rings (SSSR count). The molecule has 27 heavy (non-hydrogen) atoms. The van der Waals surface area contributed by atoms with Gasteiger partial charge in [0.1, 0.15) is 5.82 Å². The van der Waals surface area contributed by atoms with Gasteiger partial charge in [0.25, 0.3) is 5.56 Å². The molecule has 8 heteroatoms. The summed E-state index contributed by atoms with van der Waals surface area (Å²) in [6.45, 7) is 1.65. The molecule has 2 heterocycles. The number of carbonyl (C=O) groups excluding carboxylic acids is 1. The highest BCUT2D eigenvalue weighted by molar-refractivity contribution is 5.90. The van der Waals surface area contributed by atoms with E-state index in [0.717, 1.165) is 13.1 Å². The molecule has 0 aliphatic rings. The van der Waals surface area contributed by atoms with Gasteiger partial charge in [0.2, 0.25) is 5.91 Å². The lowest BCUT2D eigenvalue weighted by molar-refractivity contribution is -0.116. The topological polar surface area (TPSA) is 95.9 Å². The van der Waals surface area contributed by atoms with Crippen molar-refractivity contribution in [3.63, 3.8) is 0 Å². The Hall–Kier alpha value is -3.00. The van der Waals surface area contributed by atoms with E-state index in [1.165, 1.54) is 0 Å². The number of benzene rings is 1. The largest absolute Gasteiger partial charge is 0.323 e. The SMILES string of the molecule is CN(C)CCn1cc(NC(=O)CCCc2nc3ccccc3c(=O)[nH]2)cn1. The summed E-state index contributed by atoms with van der Waals surface area (Å²) < 4.78 is 1.80. The molecule has 0 atom stereocenters. The first-order valence-electron chi connectivity index (χ1n) is 8.96. The van der Waals surface area contributed by atoms with Crippen LogP contribution in [-0.2, 0) is 17.8 Å². The van der Waals surface area contributed by atoms with Gasteiger partial charge in [0.15, 0.2) is 0 Å². The van der Waals surface area contributed by atoms with Crippen molar-refractivity contribution in [2.24, 2.45) is 0 Å². The number of para-hydroxylation sites is 1. The Morgan fingerprint density at radius 2 is 2.11 bits per heavy atom. The second kappa shape index (κ2) is 8.59. The van der Waals surface area contributed by atoms with Gasteiger partial charge in [0.05, 0.1) is 29.3 Å². The lowest BCUT2D eigenvalue weighted by Gasteiger charge is -2.08. The van der Waals surface area contributed by atoms with Crippen LogP contribution in [0.4, 0.5) is 5.69 Å². The fourth-order valence-electron chi connectivity index (χ4n) is 2.75. The molecule has 2 N–H and O–H groups in total. The number of hydrogen-bond donors (Lipinski definition) is 2. The molecule has 0 radical (unpaired) electrons. The Balaban J connectivity index is 1.49. The molecule has 1 amide bonds. The third-order valence-electron chi connectivity index (χ3n) is 4.17. The molecule has 0 fully saturated rings. The van der Waals surface area contributed by atoms with Gasteiger partial charge in [-0.2, -0.15) is 5.10 Å². The molecule has 1 aromatic carbocycles. The maximum atomic E-state index is 12.1. The molecular formula is C19H24N6O2. The molecule has 0 aliphatic heterocycles. The van der Waals surface area contributed by atoms with E-state index in [1.807, 2.05) is 38.5 Å². The van der Waals surface area contributed by atoms with Crippen molar-refractivity contribution in [2.45, 2.75) is 25.8 Å². The minimum absolute atomic E-state index is 0.0784. The number of aromatic nitrogens is 4. The van der Waals surface area contributed by atoms with E-state index in [4.69, 9.17) is 0 Å². The van der Waals surface area contributed by atoms with Crippen molar-refractivity contribution in [3.05, 3.63) is 52.8 Å². The van der Waals surface area contributed by atoms with Crippen molar-refractivity contribution in [3.8, 4) is 0 Å². The lowest BCUT2D eigenvalue weighted by Crippen LogP contribution is -2.18. The van der Waals surface area contributed by atoms with E-state index in [-0.39, 0.29) is 11.5 Å². The van der Waals surface area contributed by atoms with Crippen molar-refractivity contribution < 1.29 is 4.79 Å². The summed E-state index contributed by atoms with van der Waals surface area (Å²) in [6.07, 6.45) is 4.95. The highest BCUT2D eigenvalue weighted by Gasteiger charge is 2.07. The summed E-state index contributed by atoms with van der Waals surface area (Å²) in [5, 5.41) is 7.66. The van der Waals surface area contributed by atoms with Gasteiger partial charge in [0, 0.05) is 25.6 Å². The average molecular weight is 368 g/mol. The molecule has 0 spiro atoms. The number of aryl methyl sites for hydroxylation is 1. The van der Waals surface area contributed by atoms with E-state index in [9.17, 15) is 9.59 Å². The molecule has 0 bridgehead atoms. The Morgan fingerprint density at radius 3 is 2.93 bits per heavy atom. The molecule has 0 saturated heterocycles. The first-order chi connectivity index (χ1) is 13.0. The second-order valence-electron chi connectivity index (χ2n) is 6.73. The van der Waals surface area contributed by atoms with Gasteiger partial charge in [-0.15, -0.1) is 0 Å². The Kier molecular flexibility index (Phi) is 5.97. The fourth-order valence-corrected chi connectivity index (χ4v) is 2.75. The van der Waals surface area contributed by atoms with Crippen LogP contribution in [0.5, 0.6) is 0 Å². The Bertz CT molecular complexity index is 975. The molecule has 8 nitrogen and oxygen atoms in total. The fraction of sp³-hybridized carbons (Fsp3) is 0.368. The van der Waals surface area contributed by atoms with Gasteiger partial charge < -0.3 is 15.2 Å². The summed E-state index contributed by atoms with van der Waals surface area (Å²) >= 11 is 0.